The Hall–Kier alpha value is -3.07. The average molecular weight is 300 g/mol. The fourth-order valence-corrected chi connectivity index (χ4v) is 2.48. The lowest BCUT2D eigenvalue weighted by Gasteiger charge is -2.26. The number of rotatable bonds is 1. The van der Waals surface area contributed by atoms with Crippen molar-refractivity contribution in [2.24, 2.45) is 5.73 Å². The van der Waals surface area contributed by atoms with Crippen molar-refractivity contribution in [1.82, 2.24) is 0 Å². The predicted molar refractivity (Wildman–Crippen MR) is 73.8 cm³/mol. The first-order valence-electron chi connectivity index (χ1n) is 6.36. The van der Waals surface area contributed by atoms with E-state index in [0.717, 1.165) is 12.1 Å². The van der Waals surface area contributed by atoms with Gasteiger partial charge in [-0.15, -0.1) is 0 Å². The smallest absolute Gasteiger partial charge is 0.205 e. The molecule has 0 spiro atoms. The molecule has 1 aliphatic rings. The van der Waals surface area contributed by atoms with Gasteiger partial charge in [-0.1, -0.05) is 12.1 Å². The van der Waals surface area contributed by atoms with Gasteiger partial charge in [-0.3, -0.25) is 0 Å². The van der Waals surface area contributed by atoms with Crippen LogP contribution in [0, 0.1) is 23.0 Å². The van der Waals surface area contributed by atoms with E-state index in [2.05, 4.69) is 0 Å². The van der Waals surface area contributed by atoms with E-state index in [-0.39, 0.29) is 23.0 Å². The second-order valence-corrected chi connectivity index (χ2v) is 4.82. The van der Waals surface area contributed by atoms with E-state index in [0.29, 0.717) is 11.1 Å². The molecule has 2 aromatic carbocycles. The van der Waals surface area contributed by atoms with Gasteiger partial charge in [0, 0.05) is 11.6 Å². The molecule has 1 aliphatic heterocycles. The Morgan fingerprint density at radius 2 is 1.91 bits per heavy atom. The number of aromatic hydroxyl groups is 1. The summed E-state index contributed by atoms with van der Waals surface area (Å²) >= 11 is 0. The number of allylic oxidation sites excluding steroid dienone is 1. The molecular formula is C16H10F2N2O2. The maximum absolute atomic E-state index is 13.5. The van der Waals surface area contributed by atoms with Gasteiger partial charge < -0.3 is 15.6 Å². The van der Waals surface area contributed by atoms with E-state index in [1.165, 1.54) is 18.2 Å². The fourth-order valence-electron chi connectivity index (χ4n) is 2.48. The third-order valence-electron chi connectivity index (χ3n) is 3.48. The van der Waals surface area contributed by atoms with E-state index >= 15 is 0 Å². The van der Waals surface area contributed by atoms with Crippen molar-refractivity contribution in [1.29, 1.82) is 5.26 Å². The Kier molecular flexibility index (Phi) is 3.18. The number of nitrogens with two attached hydrogens (primary N) is 1. The largest absolute Gasteiger partial charge is 0.508 e. The summed E-state index contributed by atoms with van der Waals surface area (Å²) in [6, 6.07) is 9.67. The highest BCUT2D eigenvalue weighted by atomic mass is 19.2. The highest BCUT2D eigenvalue weighted by Gasteiger charge is 2.31. The normalized spacial score (nSPS) is 16.7. The van der Waals surface area contributed by atoms with Gasteiger partial charge in [-0.2, -0.15) is 5.26 Å². The van der Waals surface area contributed by atoms with Gasteiger partial charge in [0.25, 0.3) is 0 Å². The average Bonchev–Trinajstić information content (AvgIpc) is 2.48. The molecule has 4 nitrogen and oxygen atoms in total. The molecule has 1 atom stereocenters. The van der Waals surface area contributed by atoms with Gasteiger partial charge in [0.05, 0.1) is 5.92 Å². The predicted octanol–water partition coefficient (Wildman–Crippen LogP) is 2.89. The first-order valence-corrected chi connectivity index (χ1v) is 6.36. The third-order valence-corrected chi connectivity index (χ3v) is 3.48. The Labute approximate surface area is 124 Å². The zero-order valence-corrected chi connectivity index (χ0v) is 11.2. The molecule has 0 aromatic heterocycles. The van der Waals surface area contributed by atoms with E-state index in [1.807, 2.05) is 6.07 Å². The van der Waals surface area contributed by atoms with Gasteiger partial charge in [0.1, 0.15) is 23.1 Å². The van der Waals surface area contributed by atoms with Crippen LogP contribution < -0.4 is 10.5 Å². The maximum atomic E-state index is 13.5. The summed E-state index contributed by atoms with van der Waals surface area (Å²) in [5.74, 6) is -2.57. The monoisotopic (exact) mass is 300 g/mol. The Balaban J connectivity index is 2.23. The lowest BCUT2D eigenvalue weighted by atomic mass is 9.83. The highest BCUT2D eigenvalue weighted by Crippen LogP contribution is 2.43. The van der Waals surface area contributed by atoms with Crippen molar-refractivity contribution in [2.75, 3.05) is 0 Å². The number of nitrogens with zero attached hydrogens (tertiary/aromatic N) is 1. The molecule has 1 heterocycles. The molecule has 110 valence electrons. The molecule has 6 heteroatoms. The number of fused-ring (bicyclic) bond motifs is 1. The van der Waals surface area contributed by atoms with E-state index in [9.17, 15) is 19.1 Å². The highest BCUT2D eigenvalue weighted by molar-refractivity contribution is 5.56. The van der Waals surface area contributed by atoms with Crippen LogP contribution in [-0.4, -0.2) is 5.11 Å². The quantitative estimate of drug-likeness (QED) is 0.848. The molecule has 22 heavy (non-hydrogen) atoms. The van der Waals surface area contributed by atoms with Gasteiger partial charge in [-0.05, 0) is 23.8 Å². The summed E-state index contributed by atoms with van der Waals surface area (Å²) in [5, 5.41) is 18.8. The Bertz CT molecular complexity index is 841. The van der Waals surface area contributed by atoms with E-state index in [4.69, 9.17) is 10.5 Å². The molecule has 2 aromatic rings. The molecule has 1 unspecified atom stereocenters. The second-order valence-electron chi connectivity index (χ2n) is 4.82. The van der Waals surface area contributed by atoms with Crippen LogP contribution in [0.2, 0.25) is 0 Å². The van der Waals surface area contributed by atoms with Crippen LogP contribution in [0.4, 0.5) is 8.78 Å². The minimum absolute atomic E-state index is 0.0315. The van der Waals surface area contributed by atoms with Crippen molar-refractivity contribution in [3.63, 3.8) is 0 Å². The molecule has 0 amide bonds. The van der Waals surface area contributed by atoms with E-state index < -0.39 is 17.6 Å². The fraction of sp³-hybridized carbons (Fsp3) is 0.0625. The zero-order chi connectivity index (χ0) is 15.9. The number of phenols is 1. The zero-order valence-electron chi connectivity index (χ0n) is 11.2. The number of hydrogen-bond acceptors (Lipinski definition) is 4. The molecular weight excluding hydrogens is 290 g/mol. The number of benzene rings is 2. The third kappa shape index (κ3) is 2.13. The lowest BCUT2D eigenvalue weighted by Crippen LogP contribution is -2.21. The second kappa shape index (κ2) is 5.04. The van der Waals surface area contributed by atoms with E-state index in [1.54, 1.807) is 6.07 Å². The molecule has 0 bridgehead atoms. The van der Waals surface area contributed by atoms with Crippen molar-refractivity contribution >= 4 is 0 Å². The number of nitriles is 1. The maximum Gasteiger partial charge on any atom is 0.205 e. The van der Waals surface area contributed by atoms with Gasteiger partial charge in [0.2, 0.25) is 5.88 Å². The number of hydrogen-bond donors (Lipinski definition) is 2. The first-order chi connectivity index (χ1) is 10.5. The van der Waals surface area contributed by atoms with Gasteiger partial charge in [0.15, 0.2) is 11.6 Å². The van der Waals surface area contributed by atoms with Crippen LogP contribution in [0.15, 0.2) is 47.9 Å². The van der Waals surface area contributed by atoms with Crippen LogP contribution in [0.5, 0.6) is 11.5 Å². The Morgan fingerprint density at radius 1 is 1.14 bits per heavy atom. The van der Waals surface area contributed by atoms with Crippen LogP contribution in [0.3, 0.4) is 0 Å². The topological polar surface area (TPSA) is 79.3 Å². The summed E-state index contributed by atoms with van der Waals surface area (Å²) in [4.78, 5) is 0. The van der Waals surface area contributed by atoms with Crippen molar-refractivity contribution in [3.8, 4) is 17.6 Å². The van der Waals surface area contributed by atoms with Crippen LogP contribution >= 0.6 is 0 Å². The van der Waals surface area contributed by atoms with Gasteiger partial charge >= 0.3 is 0 Å². The molecule has 0 saturated heterocycles. The van der Waals surface area contributed by atoms with Crippen LogP contribution in [0.1, 0.15) is 17.0 Å². The summed E-state index contributed by atoms with van der Waals surface area (Å²) in [6.07, 6.45) is 0. The number of phenolic OH excluding ortho intramolecular Hbond substituents is 1. The van der Waals surface area contributed by atoms with Crippen molar-refractivity contribution < 1.29 is 18.6 Å². The summed E-state index contributed by atoms with van der Waals surface area (Å²) in [6.45, 7) is 0. The Morgan fingerprint density at radius 3 is 2.59 bits per heavy atom. The van der Waals surface area contributed by atoms with Gasteiger partial charge in [-0.25, -0.2) is 8.78 Å². The minimum atomic E-state index is -1.01. The SMILES string of the molecule is N#CC1=C(N)Oc2cc(O)ccc2C1c1ccc(F)c(F)c1. The van der Waals surface area contributed by atoms with Crippen molar-refractivity contribution in [2.45, 2.75) is 5.92 Å². The molecule has 3 N–H and O–H groups in total. The standard InChI is InChI=1S/C16H10F2N2O2/c17-12-4-1-8(5-13(12)18)15-10-3-2-9(21)6-14(10)22-16(20)11(15)7-19/h1-6,15,21H,20H2. The summed E-state index contributed by atoms with van der Waals surface area (Å²) < 4.78 is 32.0. The molecule has 3 rings (SSSR count). The summed E-state index contributed by atoms with van der Waals surface area (Å²) in [5.41, 5.74) is 6.74. The number of halogens is 2. The van der Waals surface area contributed by atoms with Crippen LogP contribution in [-0.2, 0) is 0 Å². The number of ether oxygens (including phenoxy) is 1. The molecule has 0 radical (unpaired) electrons. The summed E-state index contributed by atoms with van der Waals surface area (Å²) in [7, 11) is 0. The molecule has 0 saturated carbocycles. The first kappa shape index (κ1) is 13.9. The van der Waals surface area contributed by atoms with Crippen molar-refractivity contribution in [3.05, 3.63) is 70.6 Å². The molecule has 0 aliphatic carbocycles. The van der Waals surface area contributed by atoms with Crippen LogP contribution in [0.25, 0.3) is 0 Å². The molecule has 0 fully saturated rings. The minimum Gasteiger partial charge on any atom is -0.508 e. The lowest BCUT2D eigenvalue weighted by molar-refractivity contribution is 0.388.